The summed E-state index contributed by atoms with van der Waals surface area (Å²) in [5, 5.41) is 6.97. The smallest absolute Gasteiger partial charge is 0.234 e. The largest absolute Gasteiger partial charge is 0.324 e. The fraction of sp³-hybridized carbons (Fsp3) is 0.500. The van der Waals surface area contributed by atoms with Gasteiger partial charge in [0.25, 0.3) is 0 Å². The van der Waals surface area contributed by atoms with E-state index in [1.54, 1.807) is 6.07 Å². The second-order valence-electron chi connectivity index (χ2n) is 6.41. The van der Waals surface area contributed by atoms with Crippen molar-refractivity contribution in [2.45, 2.75) is 25.7 Å². The van der Waals surface area contributed by atoms with Crippen molar-refractivity contribution in [2.24, 2.45) is 11.3 Å². The van der Waals surface area contributed by atoms with Gasteiger partial charge < -0.3 is 10.3 Å². The van der Waals surface area contributed by atoms with Crippen molar-refractivity contribution in [3.8, 4) is 0 Å². The van der Waals surface area contributed by atoms with Crippen molar-refractivity contribution < 1.29 is 4.79 Å². The summed E-state index contributed by atoms with van der Waals surface area (Å²) >= 11 is 6.14. The lowest BCUT2D eigenvalue weighted by atomic mass is 9.67. The number of H-pyrrole nitrogens is 1. The maximum atomic E-state index is 12.9. The minimum atomic E-state index is -0.277. The highest BCUT2D eigenvalue weighted by molar-refractivity contribution is 6.35. The van der Waals surface area contributed by atoms with Crippen molar-refractivity contribution in [3.63, 3.8) is 0 Å². The first kappa shape index (κ1) is 16.6. The van der Waals surface area contributed by atoms with Gasteiger partial charge in [0, 0.05) is 6.54 Å². The molecule has 2 heterocycles. The molecule has 1 amide bonds. The number of hydrogen-bond acceptors (Lipinski definition) is 3. The van der Waals surface area contributed by atoms with E-state index >= 15 is 0 Å². The Morgan fingerprint density at radius 3 is 3.09 bits per heavy atom. The Labute approximate surface area is 146 Å². The minimum absolute atomic E-state index is 0. The number of nitrogens with one attached hydrogen (secondary N) is 3. The molecule has 23 heavy (non-hydrogen) atoms. The van der Waals surface area contributed by atoms with Crippen LogP contribution in [-0.2, 0) is 4.79 Å². The highest BCUT2D eigenvalue weighted by atomic mass is 35.5. The van der Waals surface area contributed by atoms with E-state index in [-0.39, 0.29) is 23.7 Å². The summed E-state index contributed by atoms with van der Waals surface area (Å²) in [6.45, 7) is 1.71. The van der Waals surface area contributed by atoms with Crippen molar-refractivity contribution in [1.29, 1.82) is 0 Å². The molecular formula is C16H20Cl2N4O. The average Bonchev–Trinajstić information content (AvgIpc) is 3.12. The molecule has 5 nitrogen and oxygen atoms in total. The van der Waals surface area contributed by atoms with Crippen LogP contribution in [0.25, 0.3) is 11.0 Å². The molecule has 1 aliphatic heterocycles. The molecule has 1 aliphatic carbocycles. The third-order valence-electron chi connectivity index (χ3n) is 5.19. The SMILES string of the molecule is Cl.O=C(Nc1nc2c(Cl)cccc2[nH]1)[C@@]12CCCC[C@H]1CNC2. The average molecular weight is 355 g/mol. The van der Waals surface area contributed by atoms with Crippen molar-refractivity contribution in [1.82, 2.24) is 15.3 Å². The van der Waals surface area contributed by atoms with E-state index in [0.29, 0.717) is 22.4 Å². The zero-order valence-corrected chi connectivity index (χ0v) is 14.3. The van der Waals surface area contributed by atoms with E-state index in [1.165, 1.54) is 6.42 Å². The molecule has 0 unspecified atom stereocenters. The first-order chi connectivity index (χ1) is 10.7. The quantitative estimate of drug-likeness (QED) is 0.774. The summed E-state index contributed by atoms with van der Waals surface area (Å²) in [7, 11) is 0. The number of para-hydroxylation sites is 1. The number of aromatic nitrogens is 2. The van der Waals surface area contributed by atoms with Gasteiger partial charge in [0.1, 0.15) is 5.52 Å². The van der Waals surface area contributed by atoms with Crippen LogP contribution in [0.3, 0.4) is 0 Å². The number of halogens is 2. The predicted octanol–water partition coefficient (Wildman–Crippen LogP) is 3.36. The van der Waals surface area contributed by atoms with Gasteiger partial charge in [0.05, 0.1) is 16.0 Å². The summed E-state index contributed by atoms with van der Waals surface area (Å²) in [6.07, 6.45) is 4.43. The Morgan fingerprint density at radius 1 is 1.39 bits per heavy atom. The number of fused-ring (bicyclic) bond motifs is 2. The predicted molar refractivity (Wildman–Crippen MR) is 94.2 cm³/mol. The normalized spacial score (nSPS) is 26.6. The first-order valence-electron chi connectivity index (χ1n) is 7.85. The van der Waals surface area contributed by atoms with Gasteiger partial charge in [-0.05, 0) is 37.4 Å². The third-order valence-corrected chi connectivity index (χ3v) is 5.49. The second kappa shape index (κ2) is 6.30. The lowest BCUT2D eigenvalue weighted by Gasteiger charge is -2.36. The van der Waals surface area contributed by atoms with Crippen LogP contribution in [0, 0.1) is 11.3 Å². The van der Waals surface area contributed by atoms with E-state index in [4.69, 9.17) is 11.6 Å². The van der Waals surface area contributed by atoms with Crippen LogP contribution in [-0.4, -0.2) is 29.0 Å². The number of carbonyl (C=O) groups is 1. The number of benzene rings is 1. The molecule has 7 heteroatoms. The fourth-order valence-electron chi connectivity index (χ4n) is 3.98. The van der Waals surface area contributed by atoms with Gasteiger partial charge in [-0.2, -0.15) is 0 Å². The summed E-state index contributed by atoms with van der Waals surface area (Å²) in [5.41, 5.74) is 1.26. The monoisotopic (exact) mass is 354 g/mol. The summed E-state index contributed by atoms with van der Waals surface area (Å²) in [4.78, 5) is 20.4. The molecule has 1 saturated heterocycles. The van der Waals surface area contributed by atoms with Gasteiger partial charge in [0.2, 0.25) is 11.9 Å². The maximum absolute atomic E-state index is 12.9. The van der Waals surface area contributed by atoms with Crippen LogP contribution in [0.5, 0.6) is 0 Å². The Kier molecular flexibility index (Phi) is 4.54. The number of amides is 1. The van der Waals surface area contributed by atoms with E-state index in [1.807, 2.05) is 12.1 Å². The Balaban J connectivity index is 0.00000156. The summed E-state index contributed by atoms with van der Waals surface area (Å²) in [5.74, 6) is 1.00. The molecule has 124 valence electrons. The highest BCUT2D eigenvalue weighted by Gasteiger charge is 2.50. The second-order valence-corrected chi connectivity index (χ2v) is 6.81. The molecule has 4 rings (SSSR count). The zero-order valence-electron chi connectivity index (χ0n) is 12.7. The number of nitrogens with zero attached hydrogens (tertiary/aromatic N) is 1. The van der Waals surface area contributed by atoms with Crippen LogP contribution in [0.15, 0.2) is 18.2 Å². The Morgan fingerprint density at radius 2 is 2.26 bits per heavy atom. The first-order valence-corrected chi connectivity index (χ1v) is 8.23. The molecule has 1 aromatic carbocycles. The van der Waals surface area contributed by atoms with Crippen molar-refractivity contribution >= 4 is 46.9 Å². The van der Waals surface area contributed by atoms with Gasteiger partial charge in [-0.25, -0.2) is 4.98 Å². The van der Waals surface area contributed by atoms with E-state index < -0.39 is 0 Å². The zero-order chi connectivity index (χ0) is 15.2. The molecule has 3 N–H and O–H groups in total. The lowest BCUT2D eigenvalue weighted by molar-refractivity contribution is -0.128. The standard InChI is InChI=1S/C16H19ClN4O.ClH/c17-11-5-3-6-12-13(11)20-15(19-12)21-14(22)16-7-2-1-4-10(16)8-18-9-16;/h3,5-6,10,18H,1-2,4,7-9H2,(H2,19,20,21,22);1H/t10-,16+;/m0./s1. The van der Waals surface area contributed by atoms with Gasteiger partial charge in [-0.15, -0.1) is 12.4 Å². The summed E-state index contributed by atoms with van der Waals surface area (Å²) in [6, 6.07) is 5.57. The number of aromatic amines is 1. The van der Waals surface area contributed by atoms with Crippen molar-refractivity contribution in [3.05, 3.63) is 23.2 Å². The minimum Gasteiger partial charge on any atom is -0.324 e. The maximum Gasteiger partial charge on any atom is 0.234 e. The molecule has 2 fully saturated rings. The van der Waals surface area contributed by atoms with Gasteiger partial charge in [-0.3, -0.25) is 10.1 Å². The highest BCUT2D eigenvalue weighted by Crippen LogP contribution is 2.44. The van der Waals surface area contributed by atoms with Gasteiger partial charge in [-0.1, -0.05) is 30.5 Å². The van der Waals surface area contributed by atoms with Crippen LogP contribution in [0.2, 0.25) is 5.02 Å². The molecule has 0 radical (unpaired) electrons. The fourth-order valence-corrected chi connectivity index (χ4v) is 4.20. The molecule has 1 saturated carbocycles. The topological polar surface area (TPSA) is 69.8 Å². The molecule has 2 atom stereocenters. The Bertz CT molecular complexity index is 732. The van der Waals surface area contributed by atoms with Crippen LogP contribution in [0.1, 0.15) is 25.7 Å². The Hall–Kier alpha value is -1.30. The molecule has 0 bridgehead atoms. The number of rotatable bonds is 2. The van der Waals surface area contributed by atoms with Crippen LogP contribution in [0.4, 0.5) is 5.95 Å². The van der Waals surface area contributed by atoms with E-state index in [9.17, 15) is 4.79 Å². The van der Waals surface area contributed by atoms with Crippen LogP contribution < -0.4 is 10.6 Å². The molecule has 0 spiro atoms. The molecule has 2 aromatic rings. The molecule has 1 aromatic heterocycles. The molecular weight excluding hydrogens is 335 g/mol. The summed E-state index contributed by atoms with van der Waals surface area (Å²) < 4.78 is 0. The van der Waals surface area contributed by atoms with Crippen molar-refractivity contribution in [2.75, 3.05) is 18.4 Å². The third kappa shape index (κ3) is 2.71. The lowest BCUT2D eigenvalue weighted by Crippen LogP contribution is -2.44. The van der Waals surface area contributed by atoms with Gasteiger partial charge in [0.15, 0.2) is 0 Å². The molecule has 2 aliphatic rings. The number of carbonyl (C=O) groups excluding carboxylic acids is 1. The number of anilines is 1. The van der Waals surface area contributed by atoms with E-state index in [2.05, 4.69) is 20.6 Å². The van der Waals surface area contributed by atoms with Gasteiger partial charge >= 0.3 is 0 Å². The number of imidazole rings is 1. The number of hydrogen-bond donors (Lipinski definition) is 3. The van der Waals surface area contributed by atoms with Crippen LogP contribution >= 0.6 is 24.0 Å². The van der Waals surface area contributed by atoms with E-state index in [0.717, 1.165) is 37.9 Å².